The molecule has 0 radical (unpaired) electrons. The Balaban J connectivity index is 1.34. The molecule has 3 aliphatic carbocycles. The smallest absolute Gasteiger partial charge is 0.276 e. The van der Waals surface area contributed by atoms with Crippen molar-refractivity contribution in [1.29, 1.82) is 5.26 Å². The summed E-state index contributed by atoms with van der Waals surface area (Å²) in [7, 11) is 0. The van der Waals surface area contributed by atoms with Crippen LogP contribution in [0.25, 0.3) is 0 Å². The van der Waals surface area contributed by atoms with Gasteiger partial charge in [0, 0.05) is 43.2 Å². The summed E-state index contributed by atoms with van der Waals surface area (Å²) in [4.78, 5) is 45.2. The molecule has 0 bridgehead atoms. The van der Waals surface area contributed by atoms with Crippen molar-refractivity contribution in [2.75, 3.05) is 24.7 Å². The highest BCUT2D eigenvalue weighted by Crippen LogP contribution is 2.54. The Morgan fingerprint density at radius 3 is 2.49 bits per heavy atom. The second-order valence-electron chi connectivity index (χ2n) is 12.7. The van der Waals surface area contributed by atoms with Crippen LogP contribution >= 0.6 is 0 Å². The monoisotopic (exact) mass is 534 g/mol. The molecule has 0 spiro atoms. The van der Waals surface area contributed by atoms with E-state index in [0.29, 0.717) is 37.3 Å². The van der Waals surface area contributed by atoms with Crippen LogP contribution in [0.4, 0.5) is 5.82 Å². The van der Waals surface area contributed by atoms with Gasteiger partial charge < -0.3 is 15.0 Å². The van der Waals surface area contributed by atoms with Gasteiger partial charge in [-0.3, -0.25) is 19.3 Å². The van der Waals surface area contributed by atoms with Gasteiger partial charge in [0.2, 0.25) is 5.91 Å². The molecule has 10 nitrogen and oxygen atoms in total. The molecule has 1 aromatic heterocycles. The molecule has 208 valence electrons. The van der Waals surface area contributed by atoms with Crippen molar-refractivity contribution < 1.29 is 19.1 Å². The molecule has 3 amide bonds. The van der Waals surface area contributed by atoms with Crippen molar-refractivity contribution in [2.24, 2.45) is 23.7 Å². The number of amides is 3. The first kappa shape index (κ1) is 25.1. The first-order valence-corrected chi connectivity index (χ1v) is 14.9. The summed E-state index contributed by atoms with van der Waals surface area (Å²) < 4.78 is 7.55. The van der Waals surface area contributed by atoms with Crippen LogP contribution < -0.4 is 10.2 Å². The van der Waals surface area contributed by atoms with Crippen LogP contribution in [0.2, 0.25) is 0 Å². The number of likely N-dealkylation sites (N-methyl/N-ethyl adjacent to an activating group) is 1. The number of rotatable bonds is 6. The van der Waals surface area contributed by atoms with E-state index in [9.17, 15) is 19.6 Å². The Bertz CT molecular complexity index is 1240. The van der Waals surface area contributed by atoms with Gasteiger partial charge in [0.25, 0.3) is 11.8 Å². The van der Waals surface area contributed by atoms with Gasteiger partial charge in [-0.1, -0.05) is 6.92 Å². The van der Waals surface area contributed by atoms with Gasteiger partial charge in [0.15, 0.2) is 5.69 Å². The zero-order chi connectivity index (χ0) is 27.0. The summed E-state index contributed by atoms with van der Waals surface area (Å²) in [6, 6.07) is 1.34. The maximum absolute atomic E-state index is 14.3. The van der Waals surface area contributed by atoms with E-state index in [1.54, 1.807) is 9.80 Å². The summed E-state index contributed by atoms with van der Waals surface area (Å²) >= 11 is 0. The molecule has 6 aliphatic rings. The molecule has 1 N–H and O–H groups in total. The summed E-state index contributed by atoms with van der Waals surface area (Å²) in [6.45, 7) is 5.73. The maximum Gasteiger partial charge on any atom is 0.276 e. The van der Waals surface area contributed by atoms with E-state index in [0.717, 1.165) is 62.7 Å². The Morgan fingerprint density at radius 1 is 1.10 bits per heavy atom. The number of piperidine rings is 1. The first-order chi connectivity index (χ1) is 18.9. The SMILES string of the molecule is CCN1C(=O)[C@@H](NC(=O)C2CC(C)C2)[C@@H](C2CC2)c2c(C(=O)N3[C@H](C#N)C[C@H]4C[C@H]43)nn(C3CCOCC3)c21. The second kappa shape index (κ2) is 9.33. The minimum absolute atomic E-state index is 0.0253. The van der Waals surface area contributed by atoms with Crippen LogP contribution in [0.3, 0.4) is 0 Å². The average Bonchev–Trinajstić information content (AvgIpc) is 3.84. The number of fused-ring (bicyclic) bond motifs is 2. The van der Waals surface area contributed by atoms with Gasteiger partial charge in [-0.05, 0) is 76.0 Å². The van der Waals surface area contributed by atoms with Gasteiger partial charge in [-0.25, -0.2) is 4.68 Å². The summed E-state index contributed by atoms with van der Waals surface area (Å²) in [5, 5.41) is 18.0. The normalized spacial score (nSPS) is 35.6. The molecule has 2 saturated heterocycles. The van der Waals surface area contributed by atoms with Gasteiger partial charge in [-0.2, -0.15) is 10.4 Å². The lowest BCUT2D eigenvalue weighted by molar-refractivity contribution is -0.133. The second-order valence-corrected chi connectivity index (χ2v) is 12.7. The molecule has 0 aromatic carbocycles. The molecule has 3 saturated carbocycles. The lowest BCUT2D eigenvalue weighted by atomic mass is 9.75. The van der Waals surface area contributed by atoms with E-state index in [1.165, 1.54) is 0 Å². The number of nitrogens with zero attached hydrogens (tertiary/aromatic N) is 5. The fourth-order valence-corrected chi connectivity index (χ4v) is 7.74. The Hall–Kier alpha value is -2.93. The van der Waals surface area contributed by atoms with E-state index in [4.69, 9.17) is 9.84 Å². The van der Waals surface area contributed by atoms with Crippen molar-refractivity contribution in [1.82, 2.24) is 20.0 Å². The van der Waals surface area contributed by atoms with Crippen molar-refractivity contribution in [2.45, 2.75) is 95.3 Å². The van der Waals surface area contributed by atoms with Gasteiger partial charge in [0.05, 0.1) is 12.1 Å². The van der Waals surface area contributed by atoms with Crippen LogP contribution in [0.5, 0.6) is 0 Å². The van der Waals surface area contributed by atoms with Crippen LogP contribution in [0, 0.1) is 35.0 Å². The average molecular weight is 535 g/mol. The largest absolute Gasteiger partial charge is 0.381 e. The van der Waals surface area contributed by atoms with Gasteiger partial charge >= 0.3 is 0 Å². The van der Waals surface area contributed by atoms with E-state index in [2.05, 4.69) is 18.3 Å². The molecule has 10 heteroatoms. The number of anilines is 1. The van der Waals surface area contributed by atoms with Crippen LogP contribution in [-0.2, 0) is 14.3 Å². The molecular weight excluding hydrogens is 496 g/mol. The van der Waals surface area contributed by atoms with Crippen molar-refractivity contribution in [3.8, 4) is 6.07 Å². The third-order valence-electron chi connectivity index (χ3n) is 10.1. The number of hydrogen-bond donors (Lipinski definition) is 1. The molecule has 0 unspecified atom stereocenters. The van der Waals surface area contributed by atoms with Crippen LogP contribution in [0.1, 0.15) is 93.2 Å². The van der Waals surface area contributed by atoms with Gasteiger partial charge in [0.1, 0.15) is 17.9 Å². The Labute approximate surface area is 229 Å². The highest BCUT2D eigenvalue weighted by molar-refractivity contribution is 6.06. The third-order valence-corrected chi connectivity index (χ3v) is 10.1. The van der Waals surface area contributed by atoms with Crippen LogP contribution in [0.15, 0.2) is 0 Å². The number of ether oxygens (including phenoxy) is 1. The molecule has 7 rings (SSSR count). The molecule has 39 heavy (non-hydrogen) atoms. The Morgan fingerprint density at radius 2 is 1.85 bits per heavy atom. The molecule has 5 fully saturated rings. The van der Waals surface area contributed by atoms with E-state index in [-0.39, 0.29) is 47.6 Å². The highest BCUT2D eigenvalue weighted by atomic mass is 16.5. The summed E-state index contributed by atoms with van der Waals surface area (Å²) in [5.74, 6) is 1.18. The maximum atomic E-state index is 14.3. The minimum atomic E-state index is -0.703. The third kappa shape index (κ3) is 3.99. The molecule has 3 aliphatic heterocycles. The summed E-state index contributed by atoms with van der Waals surface area (Å²) in [5.41, 5.74) is 1.19. The minimum Gasteiger partial charge on any atom is -0.381 e. The first-order valence-electron chi connectivity index (χ1n) is 14.9. The number of nitrogens with one attached hydrogen (secondary N) is 1. The summed E-state index contributed by atoms with van der Waals surface area (Å²) in [6.07, 6.45) is 6.80. The predicted molar refractivity (Wildman–Crippen MR) is 141 cm³/mol. The molecule has 5 atom stereocenters. The fourth-order valence-electron chi connectivity index (χ4n) is 7.74. The molecule has 4 heterocycles. The number of carbonyl (C=O) groups excluding carboxylic acids is 3. The zero-order valence-electron chi connectivity index (χ0n) is 22.8. The van der Waals surface area contributed by atoms with Crippen molar-refractivity contribution in [3.05, 3.63) is 11.3 Å². The number of aromatic nitrogens is 2. The van der Waals surface area contributed by atoms with Crippen LogP contribution in [-0.4, -0.2) is 70.3 Å². The predicted octanol–water partition coefficient (Wildman–Crippen LogP) is 2.75. The zero-order valence-corrected chi connectivity index (χ0v) is 22.8. The lowest BCUT2D eigenvalue weighted by Crippen LogP contribution is -2.57. The van der Waals surface area contributed by atoms with Crippen molar-refractivity contribution in [3.63, 3.8) is 0 Å². The number of nitriles is 1. The molecule has 1 aromatic rings. The lowest BCUT2D eigenvalue weighted by Gasteiger charge is -2.41. The van der Waals surface area contributed by atoms with Crippen molar-refractivity contribution >= 4 is 23.5 Å². The fraction of sp³-hybridized carbons (Fsp3) is 0.759. The van der Waals surface area contributed by atoms with E-state index in [1.807, 2.05) is 11.6 Å². The molecular formula is C29H38N6O4. The Kier molecular flexibility index (Phi) is 5.99. The van der Waals surface area contributed by atoms with E-state index >= 15 is 0 Å². The topological polar surface area (TPSA) is 121 Å². The number of carbonyl (C=O) groups is 3. The van der Waals surface area contributed by atoms with Gasteiger partial charge in [-0.15, -0.1) is 0 Å². The quantitative estimate of drug-likeness (QED) is 0.599. The standard InChI is InChI=1S/C29H38N6O4/c1-3-33-27-23(22(16-4-5-16)24(28(33)37)31-26(36)18-10-15(2)11-18)25(32-35(27)19-6-8-39-9-7-19)29(38)34-20(14-30)12-17-13-21(17)34/h15-22,24H,3-13H2,1-2H3,(H,31,36)/t15?,17-,18?,20-,21+,22-,24-/m0/s1. The highest BCUT2D eigenvalue weighted by Gasteiger charge is 2.57. The van der Waals surface area contributed by atoms with E-state index < -0.39 is 12.1 Å². The number of hydrogen-bond acceptors (Lipinski definition) is 6. The number of likely N-dealkylation sites (tertiary alicyclic amines) is 1.